The highest BCUT2D eigenvalue weighted by atomic mass is 32.2. The van der Waals surface area contributed by atoms with E-state index >= 15 is 0 Å². The molecule has 0 saturated carbocycles. The van der Waals surface area contributed by atoms with Crippen LogP contribution in [0.4, 0.5) is 4.79 Å². The van der Waals surface area contributed by atoms with E-state index in [1.807, 2.05) is 30.3 Å². The predicted molar refractivity (Wildman–Crippen MR) is 96.1 cm³/mol. The standard InChI is InChI=1S/C19H20N2O2S/c1-14-7-9-16(10-8-14)24-12-11-21-18(22)17(20-19(21)23)13-15-5-3-2-4-6-15/h2-10,17H,11-13H2,1H3,(H,20,23)/t17-/m1/s1. The second-order valence-electron chi connectivity index (χ2n) is 5.84. The second kappa shape index (κ2) is 7.53. The normalized spacial score (nSPS) is 17.2. The maximum atomic E-state index is 12.4. The molecule has 1 heterocycles. The van der Waals surface area contributed by atoms with E-state index in [9.17, 15) is 9.59 Å². The molecule has 1 N–H and O–H groups in total. The molecule has 124 valence electrons. The molecule has 0 bridgehead atoms. The van der Waals surface area contributed by atoms with Gasteiger partial charge in [0.05, 0.1) is 0 Å². The molecular weight excluding hydrogens is 320 g/mol. The summed E-state index contributed by atoms with van der Waals surface area (Å²) in [6.07, 6.45) is 0.535. The third kappa shape index (κ3) is 3.97. The van der Waals surface area contributed by atoms with Crippen molar-refractivity contribution in [1.29, 1.82) is 0 Å². The average Bonchev–Trinajstić information content (AvgIpc) is 2.85. The Balaban J connectivity index is 1.53. The number of rotatable bonds is 6. The fraction of sp³-hybridized carbons (Fsp3) is 0.263. The lowest BCUT2D eigenvalue weighted by Gasteiger charge is -2.13. The largest absolute Gasteiger partial charge is 0.325 e. The van der Waals surface area contributed by atoms with E-state index in [-0.39, 0.29) is 11.9 Å². The summed E-state index contributed by atoms with van der Waals surface area (Å²) >= 11 is 1.65. The molecule has 24 heavy (non-hydrogen) atoms. The van der Waals surface area contributed by atoms with E-state index in [0.29, 0.717) is 18.7 Å². The minimum Gasteiger partial charge on any atom is -0.325 e. The summed E-state index contributed by atoms with van der Waals surface area (Å²) in [6.45, 7) is 2.48. The molecule has 1 fully saturated rings. The van der Waals surface area contributed by atoms with Crippen LogP contribution in [0.5, 0.6) is 0 Å². The molecule has 3 rings (SSSR count). The number of carbonyl (C=O) groups excluding carboxylic acids is 2. The van der Waals surface area contributed by atoms with E-state index in [2.05, 4.69) is 36.5 Å². The van der Waals surface area contributed by atoms with Crippen molar-refractivity contribution in [1.82, 2.24) is 10.2 Å². The van der Waals surface area contributed by atoms with Crippen molar-refractivity contribution in [3.63, 3.8) is 0 Å². The molecule has 0 unspecified atom stereocenters. The third-order valence-corrected chi connectivity index (χ3v) is 4.99. The average molecular weight is 340 g/mol. The highest BCUT2D eigenvalue weighted by Crippen LogP contribution is 2.19. The van der Waals surface area contributed by atoms with E-state index in [1.165, 1.54) is 10.5 Å². The van der Waals surface area contributed by atoms with Crippen molar-refractivity contribution < 1.29 is 9.59 Å². The number of carbonyl (C=O) groups is 2. The van der Waals surface area contributed by atoms with E-state index < -0.39 is 6.04 Å². The van der Waals surface area contributed by atoms with E-state index in [0.717, 1.165) is 10.5 Å². The molecule has 1 saturated heterocycles. The Morgan fingerprint density at radius 3 is 2.46 bits per heavy atom. The van der Waals surface area contributed by atoms with Crippen molar-refractivity contribution in [2.24, 2.45) is 0 Å². The second-order valence-corrected chi connectivity index (χ2v) is 7.01. The van der Waals surface area contributed by atoms with Crippen molar-refractivity contribution >= 4 is 23.7 Å². The Bertz CT molecular complexity index is 716. The lowest BCUT2D eigenvalue weighted by Crippen LogP contribution is -2.34. The monoisotopic (exact) mass is 340 g/mol. The quantitative estimate of drug-likeness (QED) is 0.649. The number of thioether (sulfide) groups is 1. The van der Waals surface area contributed by atoms with Crippen LogP contribution >= 0.6 is 11.8 Å². The van der Waals surface area contributed by atoms with Gasteiger partial charge in [0.25, 0.3) is 5.91 Å². The van der Waals surface area contributed by atoms with E-state index in [4.69, 9.17) is 0 Å². The van der Waals surface area contributed by atoms with Gasteiger partial charge in [-0.15, -0.1) is 11.8 Å². The van der Waals surface area contributed by atoms with Crippen molar-refractivity contribution in [2.75, 3.05) is 12.3 Å². The van der Waals surface area contributed by atoms with Gasteiger partial charge in [0, 0.05) is 23.6 Å². The summed E-state index contributed by atoms with van der Waals surface area (Å²) in [5, 5.41) is 2.79. The molecule has 4 nitrogen and oxygen atoms in total. The fourth-order valence-corrected chi connectivity index (χ4v) is 3.50. The highest BCUT2D eigenvalue weighted by molar-refractivity contribution is 7.99. The Morgan fingerprint density at radius 1 is 1.04 bits per heavy atom. The van der Waals surface area contributed by atoms with Gasteiger partial charge in [-0.3, -0.25) is 9.69 Å². The maximum absolute atomic E-state index is 12.4. The van der Waals surface area contributed by atoms with Gasteiger partial charge >= 0.3 is 6.03 Å². The van der Waals surface area contributed by atoms with Crippen LogP contribution in [-0.4, -0.2) is 35.2 Å². The first kappa shape index (κ1) is 16.6. The number of amides is 3. The lowest BCUT2D eigenvalue weighted by atomic mass is 10.1. The molecule has 1 atom stereocenters. The van der Waals surface area contributed by atoms with Gasteiger partial charge in [0.15, 0.2) is 0 Å². The summed E-state index contributed by atoms with van der Waals surface area (Å²) in [5.41, 5.74) is 2.27. The van der Waals surface area contributed by atoms with Crippen LogP contribution in [-0.2, 0) is 11.2 Å². The minimum absolute atomic E-state index is 0.131. The van der Waals surface area contributed by atoms with Crippen LogP contribution < -0.4 is 5.32 Å². The number of aryl methyl sites for hydroxylation is 1. The maximum Gasteiger partial charge on any atom is 0.324 e. The van der Waals surface area contributed by atoms with Gasteiger partial charge in [-0.05, 0) is 24.6 Å². The Morgan fingerprint density at radius 2 is 1.75 bits per heavy atom. The Kier molecular flexibility index (Phi) is 5.20. The highest BCUT2D eigenvalue weighted by Gasteiger charge is 2.37. The zero-order valence-electron chi connectivity index (χ0n) is 13.6. The van der Waals surface area contributed by atoms with Gasteiger partial charge in [0.1, 0.15) is 6.04 Å². The van der Waals surface area contributed by atoms with Crippen LogP contribution in [0.3, 0.4) is 0 Å². The number of benzene rings is 2. The first-order valence-corrected chi connectivity index (χ1v) is 8.97. The van der Waals surface area contributed by atoms with Crippen molar-refractivity contribution in [3.8, 4) is 0 Å². The number of hydrogen-bond acceptors (Lipinski definition) is 3. The molecule has 5 heteroatoms. The Labute approximate surface area is 146 Å². The summed E-state index contributed by atoms with van der Waals surface area (Å²) in [4.78, 5) is 27.0. The molecule has 0 spiro atoms. The number of hydrogen-bond donors (Lipinski definition) is 1. The van der Waals surface area contributed by atoms with Crippen LogP contribution in [0.15, 0.2) is 59.5 Å². The summed E-state index contributed by atoms with van der Waals surface area (Å²) in [7, 11) is 0. The van der Waals surface area contributed by atoms with Crippen LogP contribution in [0.2, 0.25) is 0 Å². The van der Waals surface area contributed by atoms with E-state index in [1.54, 1.807) is 11.8 Å². The molecule has 1 aliphatic heterocycles. The third-order valence-electron chi connectivity index (χ3n) is 3.99. The van der Waals surface area contributed by atoms with Gasteiger partial charge in [-0.25, -0.2) is 4.79 Å². The van der Waals surface area contributed by atoms with Crippen molar-refractivity contribution in [2.45, 2.75) is 24.3 Å². The molecular formula is C19H20N2O2S. The fourth-order valence-electron chi connectivity index (χ4n) is 2.67. The smallest absolute Gasteiger partial charge is 0.324 e. The number of nitrogens with one attached hydrogen (secondary N) is 1. The Hall–Kier alpha value is -2.27. The molecule has 3 amide bonds. The van der Waals surface area contributed by atoms with Crippen LogP contribution in [0, 0.1) is 6.92 Å². The summed E-state index contributed by atoms with van der Waals surface area (Å²) in [5.74, 6) is 0.564. The number of nitrogens with zero attached hydrogens (tertiary/aromatic N) is 1. The molecule has 2 aromatic rings. The van der Waals surface area contributed by atoms with Gasteiger partial charge in [-0.1, -0.05) is 48.0 Å². The minimum atomic E-state index is -0.454. The number of urea groups is 1. The first-order chi connectivity index (χ1) is 11.6. The molecule has 1 aliphatic rings. The SMILES string of the molecule is Cc1ccc(SCCN2C(=O)N[C@H](Cc3ccccc3)C2=O)cc1. The zero-order chi connectivity index (χ0) is 16.9. The first-order valence-electron chi connectivity index (χ1n) is 7.99. The zero-order valence-corrected chi connectivity index (χ0v) is 14.4. The van der Waals surface area contributed by atoms with Gasteiger partial charge < -0.3 is 5.32 Å². The number of imide groups is 1. The molecule has 0 radical (unpaired) electrons. The molecule has 0 aromatic heterocycles. The summed E-state index contributed by atoms with van der Waals surface area (Å²) < 4.78 is 0. The molecule has 2 aromatic carbocycles. The van der Waals surface area contributed by atoms with Gasteiger partial charge in [0.2, 0.25) is 0 Å². The molecule has 0 aliphatic carbocycles. The van der Waals surface area contributed by atoms with Crippen molar-refractivity contribution in [3.05, 3.63) is 65.7 Å². The van der Waals surface area contributed by atoms with Crippen LogP contribution in [0.1, 0.15) is 11.1 Å². The topological polar surface area (TPSA) is 49.4 Å². The predicted octanol–water partition coefficient (Wildman–Crippen LogP) is 3.25. The summed E-state index contributed by atoms with van der Waals surface area (Å²) in [6, 6.07) is 17.2. The lowest BCUT2D eigenvalue weighted by molar-refractivity contribution is -0.127. The van der Waals surface area contributed by atoms with Crippen LogP contribution in [0.25, 0.3) is 0 Å². The van der Waals surface area contributed by atoms with Gasteiger partial charge in [-0.2, -0.15) is 0 Å².